The first kappa shape index (κ1) is 21.2. The van der Waals surface area contributed by atoms with Crippen molar-refractivity contribution in [2.75, 3.05) is 6.61 Å². The molecule has 0 saturated carbocycles. The van der Waals surface area contributed by atoms with Gasteiger partial charge in [0.2, 0.25) is 5.89 Å². The molecule has 0 aliphatic heterocycles. The first-order valence-electron chi connectivity index (χ1n) is 10.5. The molecule has 2 aromatic heterocycles. The second-order valence-electron chi connectivity index (χ2n) is 7.82. The van der Waals surface area contributed by atoms with E-state index >= 15 is 0 Å². The summed E-state index contributed by atoms with van der Waals surface area (Å²) in [5.41, 5.74) is 3.78. The van der Waals surface area contributed by atoms with Gasteiger partial charge >= 0.3 is 0 Å². The van der Waals surface area contributed by atoms with E-state index in [0.29, 0.717) is 29.9 Å². The second kappa shape index (κ2) is 9.40. The molecule has 0 spiro atoms. The van der Waals surface area contributed by atoms with Gasteiger partial charge in [-0.1, -0.05) is 55.8 Å². The van der Waals surface area contributed by atoms with Crippen molar-refractivity contribution in [2.24, 2.45) is 0 Å². The molecule has 0 amide bonds. The van der Waals surface area contributed by atoms with Gasteiger partial charge in [0.25, 0.3) is 0 Å². The van der Waals surface area contributed by atoms with Crippen LogP contribution >= 0.6 is 11.6 Å². The molecule has 0 aliphatic carbocycles. The van der Waals surface area contributed by atoms with Crippen LogP contribution in [0.3, 0.4) is 0 Å². The number of para-hydroxylation sites is 1. The summed E-state index contributed by atoms with van der Waals surface area (Å²) in [4.78, 5) is 12.2. The number of oxazole rings is 1. The van der Waals surface area contributed by atoms with Crippen LogP contribution in [0.25, 0.3) is 22.8 Å². The van der Waals surface area contributed by atoms with Gasteiger partial charge in [-0.05, 0) is 43.0 Å². The summed E-state index contributed by atoms with van der Waals surface area (Å²) in [6, 6.07) is 15.9. The van der Waals surface area contributed by atoms with Gasteiger partial charge in [-0.3, -0.25) is 0 Å². The molecule has 5 nitrogen and oxygen atoms in total. The number of hydrogen-bond donors (Lipinski definition) is 1. The fraction of sp³-hybridized carbons (Fsp3) is 0.280. The van der Waals surface area contributed by atoms with Crippen LogP contribution in [0.1, 0.15) is 43.3 Å². The molecule has 31 heavy (non-hydrogen) atoms. The minimum atomic E-state index is 0.419. The molecule has 4 rings (SSSR count). The zero-order chi connectivity index (χ0) is 21.8. The lowest BCUT2D eigenvalue weighted by Gasteiger charge is -2.13. The molecule has 4 aromatic rings. The lowest BCUT2D eigenvalue weighted by atomic mass is 10.0. The van der Waals surface area contributed by atoms with Crippen molar-refractivity contribution in [1.82, 2.24) is 15.0 Å². The number of rotatable bonds is 8. The smallest absolute Gasteiger partial charge is 0.245 e. The number of aromatic amines is 1. The quantitative estimate of drug-likeness (QED) is 0.308. The number of hydrogen-bond acceptors (Lipinski definition) is 4. The summed E-state index contributed by atoms with van der Waals surface area (Å²) in [6.07, 6.45) is 3.26. The topological polar surface area (TPSA) is 63.9 Å². The minimum absolute atomic E-state index is 0.419. The third-order valence-corrected chi connectivity index (χ3v) is 5.35. The normalized spacial score (nSPS) is 11.3. The van der Waals surface area contributed by atoms with Crippen LogP contribution in [0.4, 0.5) is 0 Å². The molecule has 6 heteroatoms. The molecule has 0 radical (unpaired) electrons. The van der Waals surface area contributed by atoms with E-state index in [-0.39, 0.29) is 0 Å². The lowest BCUT2D eigenvalue weighted by Crippen LogP contribution is -2.02. The van der Waals surface area contributed by atoms with Crippen LogP contribution in [-0.2, 0) is 6.42 Å². The molecule has 0 saturated heterocycles. The third kappa shape index (κ3) is 5.00. The Balaban J connectivity index is 1.51. The number of H-pyrrole nitrogens is 1. The number of nitrogens with one attached hydrogen (secondary N) is 1. The summed E-state index contributed by atoms with van der Waals surface area (Å²) in [5, 5.41) is 0.690. The molecule has 2 heterocycles. The number of imidazole rings is 1. The summed E-state index contributed by atoms with van der Waals surface area (Å²) in [7, 11) is 0. The Morgan fingerprint density at radius 1 is 1.10 bits per heavy atom. The van der Waals surface area contributed by atoms with E-state index in [1.165, 1.54) is 5.56 Å². The highest BCUT2D eigenvalue weighted by atomic mass is 35.5. The van der Waals surface area contributed by atoms with E-state index in [0.717, 1.165) is 40.7 Å². The Morgan fingerprint density at radius 2 is 1.87 bits per heavy atom. The van der Waals surface area contributed by atoms with E-state index in [4.69, 9.17) is 25.7 Å². The zero-order valence-corrected chi connectivity index (χ0v) is 18.7. The van der Waals surface area contributed by atoms with Gasteiger partial charge in [-0.15, -0.1) is 0 Å². The first-order chi connectivity index (χ1) is 15.0. The zero-order valence-electron chi connectivity index (χ0n) is 18.0. The summed E-state index contributed by atoms with van der Waals surface area (Å²) in [5.74, 6) is 3.54. The fourth-order valence-electron chi connectivity index (χ4n) is 3.50. The number of ether oxygens (including phenoxy) is 1. The van der Waals surface area contributed by atoms with Crippen LogP contribution in [0, 0.1) is 6.92 Å². The maximum absolute atomic E-state index is 6.14. The van der Waals surface area contributed by atoms with Crippen LogP contribution in [0.5, 0.6) is 5.75 Å². The maximum atomic E-state index is 6.14. The Labute approximate surface area is 187 Å². The van der Waals surface area contributed by atoms with Gasteiger partial charge in [0.05, 0.1) is 12.8 Å². The second-order valence-corrected chi connectivity index (χ2v) is 8.26. The van der Waals surface area contributed by atoms with Crippen molar-refractivity contribution in [3.8, 4) is 28.6 Å². The molecular formula is C25H26ClN3O2. The van der Waals surface area contributed by atoms with Crippen LogP contribution in [0.15, 0.2) is 59.1 Å². The van der Waals surface area contributed by atoms with E-state index in [1.54, 1.807) is 6.20 Å². The molecular weight excluding hydrogens is 410 g/mol. The van der Waals surface area contributed by atoms with E-state index in [1.807, 2.05) is 49.4 Å². The van der Waals surface area contributed by atoms with Crippen molar-refractivity contribution < 1.29 is 9.15 Å². The van der Waals surface area contributed by atoms with Gasteiger partial charge in [0.1, 0.15) is 28.7 Å². The molecule has 0 atom stereocenters. The Bertz CT molecular complexity index is 1150. The van der Waals surface area contributed by atoms with Gasteiger partial charge in [-0.25, -0.2) is 9.97 Å². The standard InChI is InChI=1S/C25H26ClN3O2/c1-16(2)20-7-4-5-8-22(20)30-14-6-9-23-24(18-10-12-19(26)13-11-18)29-25(31-23)21-15-27-17(3)28-21/h4-5,7-8,10-13,15-16H,6,9,14H2,1-3H3,(H,27,28). The van der Waals surface area contributed by atoms with Crippen LogP contribution in [-0.4, -0.2) is 21.6 Å². The molecule has 1 N–H and O–H groups in total. The van der Waals surface area contributed by atoms with Gasteiger partial charge in [0.15, 0.2) is 0 Å². The first-order valence-corrected chi connectivity index (χ1v) is 10.9. The highest BCUT2D eigenvalue weighted by Gasteiger charge is 2.18. The molecule has 0 fully saturated rings. The summed E-state index contributed by atoms with van der Waals surface area (Å²) in [6.45, 7) is 6.85. The monoisotopic (exact) mass is 435 g/mol. The van der Waals surface area contributed by atoms with Crippen molar-refractivity contribution in [3.63, 3.8) is 0 Å². The van der Waals surface area contributed by atoms with E-state index in [9.17, 15) is 0 Å². The number of nitrogens with zero attached hydrogens (tertiary/aromatic N) is 2. The summed E-state index contributed by atoms with van der Waals surface area (Å²) >= 11 is 6.06. The third-order valence-electron chi connectivity index (χ3n) is 5.10. The average Bonchev–Trinajstić information content (AvgIpc) is 3.38. The maximum Gasteiger partial charge on any atom is 0.245 e. The van der Waals surface area contributed by atoms with Crippen molar-refractivity contribution in [1.29, 1.82) is 0 Å². The van der Waals surface area contributed by atoms with E-state index in [2.05, 4.69) is 29.9 Å². The SMILES string of the molecule is Cc1ncc(-c2nc(-c3ccc(Cl)cc3)c(CCCOc3ccccc3C(C)C)o2)[nH]1. The number of aryl methyl sites for hydroxylation is 2. The molecule has 160 valence electrons. The largest absolute Gasteiger partial charge is 0.493 e. The Morgan fingerprint density at radius 3 is 2.58 bits per heavy atom. The molecule has 0 unspecified atom stereocenters. The highest BCUT2D eigenvalue weighted by Crippen LogP contribution is 2.31. The minimum Gasteiger partial charge on any atom is -0.493 e. The highest BCUT2D eigenvalue weighted by molar-refractivity contribution is 6.30. The van der Waals surface area contributed by atoms with Crippen molar-refractivity contribution >= 4 is 11.6 Å². The van der Waals surface area contributed by atoms with Crippen LogP contribution in [0.2, 0.25) is 5.02 Å². The lowest BCUT2D eigenvalue weighted by molar-refractivity contribution is 0.302. The number of halogens is 1. The predicted molar refractivity (Wildman–Crippen MR) is 124 cm³/mol. The van der Waals surface area contributed by atoms with Crippen molar-refractivity contribution in [3.05, 3.63) is 76.9 Å². The Kier molecular flexibility index (Phi) is 6.42. The van der Waals surface area contributed by atoms with E-state index < -0.39 is 0 Å². The van der Waals surface area contributed by atoms with Gasteiger partial charge < -0.3 is 14.1 Å². The van der Waals surface area contributed by atoms with Gasteiger partial charge in [0, 0.05) is 17.0 Å². The predicted octanol–water partition coefficient (Wildman–Crippen LogP) is 6.83. The fourth-order valence-corrected chi connectivity index (χ4v) is 3.63. The Hall–Kier alpha value is -3.05. The van der Waals surface area contributed by atoms with Crippen molar-refractivity contribution in [2.45, 2.75) is 39.5 Å². The molecule has 0 aliphatic rings. The average molecular weight is 436 g/mol. The summed E-state index contributed by atoms with van der Waals surface area (Å²) < 4.78 is 12.2. The molecule has 0 bridgehead atoms. The van der Waals surface area contributed by atoms with Crippen LogP contribution < -0.4 is 4.74 Å². The number of aromatic nitrogens is 3. The molecule has 2 aromatic carbocycles. The van der Waals surface area contributed by atoms with Gasteiger partial charge in [-0.2, -0.15) is 0 Å². The number of benzene rings is 2.